The Balaban J connectivity index is 1.99. The van der Waals surface area contributed by atoms with E-state index < -0.39 is 6.10 Å². The van der Waals surface area contributed by atoms with Crippen molar-refractivity contribution in [2.45, 2.75) is 25.5 Å². The van der Waals surface area contributed by atoms with E-state index in [1.807, 2.05) is 24.3 Å². The Morgan fingerprint density at radius 3 is 2.75 bits per heavy atom. The lowest BCUT2D eigenvalue weighted by Gasteiger charge is -2.45. The standard InChI is InChI=1S/C16H26N2O2/c1-16(2)12-18(9-8-17(16)3)11-15(19)13-6-5-7-14(10-13)20-4/h5-7,10,15,19H,8-9,11-12H2,1-4H3. The summed E-state index contributed by atoms with van der Waals surface area (Å²) in [6.45, 7) is 8.18. The van der Waals surface area contributed by atoms with Gasteiger partial charge in [0.15, 0.2) is 0 Å². The zero-order chi connectivity index (χ0) is 14.8. The fourth-order valence-electron chi connectivity index (χ4n) is 2.70. The first kappa shape index (κ1) is 15.3. The summed E-state index contributed by atoms with van der Waals surface area (Å²) in [5.41, 5.74) is 1.08. The molecule has 0 spiro atoms. The number of hydrogen-bond acceptors (Lipinski definition) is 4. The third kappa shape index (κ3) is 3.51. The minimum absolute atomic E-state index is 0.159. The smallest absolute Gasteiger partial charge is 0.119 e. The van der Waals surface area contributed by atoms with Crippen LogP contribution >= 0.6 is 0 Å². The van der Waals surface area contributed by atoms with Crippen molar-refractivity contribution >= 4 is 0 Å². The van der Waals surface area contributed by atoms with Crippen LogP contribution < -0.4 is 4.74 Å². The zero-order valence-electron chi connectivity index (χ0n) is 13.0. The molecule has 4 heteroatoms. The molecule has 112 valence electrons. The highest BCUT2D eigenvalue weighted by molar-refractivity contribution is 5.29. The quantitative estimate of drug-likeness (QED) is 0.910. The zero-order valence-corrected chi connectivity index (χ0v) is 13.0. The van der Waals surface area contributed by atoms with Crippen molar-refractivity contribution < 1.29 is 9.84 Å². The number of aliphatic hydroxyl groups excluding tert-OH is 1. The summed E-state index contributed by atoms with van der Waals surface area (Å²) >= 11 is 0. The molecule has 1 aliphatic heterocycles. The number of ether oxygens (including phenoxy) is 1. The molecule has 1 unspecified atom stereocenters. The Morgan fingerprint density at radius 2 is 2.10 bits per heavy atom. The summed E-state index contributed by atoms with van der Waals surface area (Å²) in [4.78, 5) is 4.71. The minimum atomic E-state index is -0.468. The van der Waals surface area contributed by atoms with Crippen molar-refractivity contribution in [2.24, 2.45) is 0 Å². The summed E-state index contributed by atoms with van der Waals surface area (Å²) in [5, 5.41) is 10.4. The van der Waals surface area contributed by atoms with Crippen molar-refractivity contribution in [2.75, 3.05) is 40.3 Å². The number of β-amino-alcohol motifs (C(OH)–C–C–N with tert-alkyl or cyclic N) is 1. The predicted octanol–water partition coefficient (Wildman–Crippen LogP) is 1.75. The molecular weight excluding hydrogens is 252 g/mol. The van der Waals surface area contributed by atoms with Gasteiger partial charge in [-0.2, -0.15) is 0 Å². The van der Waals surface area contributed by atoms with Crippen LogP contribution in [0.25, 0.3) is 0 Å². The number of rotatable bonds is 4. The van der Waals surface area contributed by atoms with Gasteiger partial charge in [0, 0.05) is 31.7 Å². The van der Waals surface area contributed by atoms with Gasteiger partial charge in [0.1, 0.15) is 5.75 Å². The summed E-state index contributed by atoms with van der Waals surface area (Å²) in [7, 11) is 3.81. The van der Waals surface area contributed by atoms with Crippen LogP contribution in [-0.2, 0) is 0 Å². The number of benzene rings is 1. The lowest BCUT2D eigenvalue weighted by atomic mass is 9.99. The minimum Gasteiger partial charge on any atom is -0.497 e. The van der Waals surface area contributed by atoms with Gasteiger partial charge in [0.25, 0.3) is 0 Å². The van der Waals surface area contributed by atoms with Gasteiger partial charge in [-0.05, 0) is 38.6 Å². The first-order valence-electron chi connectivity index (χ1n) is 7.18. The molecule has 0 bridgehead atoms. The van der Waals surface area contributed by atoms with Gasteiger partial charge in [-0.15, -0.1) is 0 Å². The second-order valence-electron chi connectivity index (χ2n) is 6.26. The first-order chi connectivity index (χ1) is 9.42. The van der Waals surface area contributed by atoms with E-state index in [0.29, 0.717) is 6.54 Å². The highest BCUT2D eigenvalue weighted by Gasteiger charge is 2.31. The van der Waals surface area contributed by atoms with Gasteiger partial charge in [0.05, 0.1) is 13.2 Å². The molecular formula is C16H26N2O2. The van der Waals surface area contributed by atoms with Crippen molar-refractivity contribution in [1.29, 1.82) is 0 Å². The maximum atomic E-state index is 10.4. The monoisotopic (exact) mass is 278 g/mol. The molecule has 0 amide bonds. The molecule has 1 N–H and O–H groups in total. The van der Waals surface area contributed by atoms with Crippen LogP contribution in [0, 0.1) is 0 Å². The summed E-state index contributed by atoms with van der Waals surface area (Å²) in [6.07, 6.45) is -0.468. The van der Waals surface area contributed by atoms with Crippen molar-refractivity contribution in [3.05, 3.63) is 29.8 Å². The van der Waals surface area contributed by atoms with Gasteiger partial charge in [-0.25, -0.2) is 0 Å². The Labute approximate surface area is 122 Å². The summed E-state index contributed by atoms with van der Waals surface area (Å²) in [6, 6.07) is 7.68. The SMILES string of the molecule is COc1cccc(C(O)CN2CCN(C)C(C)(C)C2)c1. The van der Waals surface area contributed by atoms with Gasteiger partial charge < -0.3 is 9.84 Å². The van der Waals surface area contributed by atoms with E-state index >= 15 is 0 Å². The van der Waals surface area contributed by atoms with Crippen LogP contribution in [0.1, 0.15) is 25.5 Å². The maximum Gasteiger partial charge on any atom is 0.119 e. The average molecular weight is 278 g/mol. The second-order valence-corrected chi connectivity index (χ2v) is 6.26. The summed E-state index contributed by atoms with van der Waals surface area (Å²) in [5.74, 6) is 0.792. The molecule has 0 aliphatic carbocycles. The molecule has 0 radical (unpaired) electrons. The molecule has 1 saturated heterocycles. The molecule has 0 saturated carbocycles. The molecule has 1 aliphatic rings. The Morgan fingerprint density at radius 1 is 1.35 bits per heavy atom. The van der Waals surface area contributed by atoms with Crippen molar-refractivity contribution in [3.8, 4) is 5.75 Å². The molecule has 1 aromatic carbocycles. The number of piperazine rings is 1. The Hall–Kier alpha value is -1.10. The molecule has 1 heterocycles. The van der Waals surface area contributed by atoms with Crippen LogP contribution in [0.15, 0.2) is 24.3 Å². The molecule has 2 rings (SSSR count). The fourth-order valence-corrected chi connectivity index (χ4v) is 2.70. The van der Waals surface area contributed by atoms with Crippen LogP contribution in [-0.4, -0.2) is 60.8 Å². The third-order valence-electron chi connectivity index (χ3n) is 4.31. The van der Waals surface area contributed by atoms with E-state index in [0.717, 1.165) is 30.9 Å². The van der Waals surface area contributed by atoms with E-state index in [-0.39, 0.29) is 5.54 Å². The lowest BCUT2D eigenvalue weighted by molar-refractivity contribution is 0.0141. The van der Waals surface area contributed by atoms with Crippen molar-refractivity contribution in [3.63, 3.8) is 0 Å². The Bertz CT molecular complexity index is 448. The fraction of sp³-hybridized carbons (Fsp3) is 0.625. The summed E-state index contributed by atoms with van der Waals surface area (Å²) < 4.78 is 5.21. The maximum absolute atomic E-state index is 10.4. The van der Waals surface area contributed by atoms with E-state index in [9.17, 15) is 5.11 Å². The molecule has 1 aromatic rings. The van der Waals surface area contributed by atoms with Crippen LogP contribution in [0.5, 0.6) is 5.75 Å². The van der Waals surface area contributed by atoms with Gasteiger partial charge in [0.2, 0.25) is 0 Å². The predicted molar refractivity (Wildman–Crippen MR) is 81.1 cm³/mol. The third-order valence-corrected chi connectivity index (χ3v) is 4.31. The number of hydrogen-bond donors (Lipinski definition) is 1. The molecule has 1 atom stereocenters. The van der Waals surface area contributed by atoms with E-state index in [4.69, 9.17) is 4.74 Å². The van der Waals surface area contributed by atoms with Gasteiger partial charge >= 0.3 is 0 Å². The van der Waals surface area contributed by atoms with Gasteiger partial charge in [-0.3, -0.25) is 9.80 Å². The number of likely N-dealkylation sites (N-methyl/N-ethyl adjacent to an activating group) is 1. The molecule has 4 nitrogen and oxygen atoms in total. The molecule has 1 fully saturated rings. The highest BCUT2D eigenvalue weighted by Crippen LogP contribution is 2.23. The van der Waals surface area contributed by atoms with E-state index in [2.05, 4.69) is 30.7 Å². The molecule has 0 aromatic heterocycles. The Kier molecular flexibility index (Phi) is 4.68. The first-order valence-corrected chi connectivity index (χ1v) is 7.18. The van der Waals surface area contributed by atoms with E-state index in [1.54, 1.807) is 7.11 Å². The molecule has 20 heavy (non-hydrogen) atoms. The normalized spacial score (nSPS) is 21.6. The highest BCUT2D eigenvalue weighted by atomic mass is 16.5. The largest absolute Gasteiger partial charge is 0.497 e. The van der Waals surface area contributed by atoms with Crippen molar-refractivity contribution in [1.82, 2.24) is 9.80 Å². The number of aliphatic hydroxyl groups is 1. The average Bonchev–Trinajstić information content (AvgIpc) is 2.42. The van der Waals surface area contributed by atoms with Gasteiger partial charge in [-0.1, -0.05) is 12.1 Å². The van der Waals surface area contributed by atoms with E-state index in [1.165, 1.54) is 0 Å². The van der Waals surface area contributed by atoms with Crippen LogP contribution in [0.3, 0.4) is 0 Å². The second kappa shape index (κ2) is 6.12. The lowest BCUT2D eigenvalue weighted by Crippen LogP contribution is -2.58. The number of nitrogens with zero attached hydrogens (tertiary/aromatic N) is 2. The number of methoxy groups -OCH3 is 1. The van der Waals surface area contributed by atoms with Crippen LogP contribution in [0.4, 0.5) is 0 Å². The van der Waals surface area contributed by atoms with Crippen LogP contribution in [0.2, 0.25) is 0 Å². The topological polar surface area (TPSA) is 35.9 Å².